The van der Waals surface area contributed by atoms with Crippen molar-refractivity contribution in [3.8, 4) is 0 Å². The summed E-state index contributed by atoms with van der Waals surface area (Å²) in [5, 5.41) is 0. The quantitative estimate of drug-likeness (QED) is 0.835. The van der Waals surface area contributed by atoms with Gasteiger partial charge in [-0.2, -0.15) is 0 Å². The molecule has 1 atom stereocenters. The fourth-order valence-corrected chi connectivity index (χ4v) is 2.36. The fraction of sp³-hybridized carbons (Fsp3) is 0.538. The van der Waals surface area contributed by atoms with E-state index in [1.54, 1.807) is 6.07 Å². The number of hydrogen-bond acceptors (Lipinski definition) is 2. The van der Waals surface area contributed by atoms with Crippen molar-refractivity contribution in [2.75, 3.05) is 13.2 Å². The number of rotatable bonds is 2. The van der Waals surface area contributed by atoms with Gasteiger partial charge in [0, 0.05) is 18.8 Å². The van der Waals surface area contributed by atoms with Crippen molar-refractivity contribution in [3.63, 3.8) is 0 Å². The van der Waals surface area contributed by atoms with Crippen LogP contribution in [0.15, 0.2) is 24.3 Å². The van der Waals surface area contributed by atoms with Gasteiger partial charge in [-0.1, -0.05) is 12.1 Å². The molecule has 88 valence electrons. The van der Waals surface area contributed by atoms with Crippen LogP contribution in [0.1, 0.15) is 25.3 Å². The molecule has 0 bridgehead atoms. The first kappa shape index (κ1) is 11.6. The Hall–Kier alpha value is -0.930. The lowest BCUT2D eigenvalue weighted by Gasteiger charge is -2.37. The summed E-state index contributed by atoms with van der Waals surface area (Å²) in [5.74, 6) is 0.143. The van der Waals surface area contributed by atoms with Crippen LogP contribution in [-0.4, -0.2) is 13.2 Å². The number of nitrogens with two attached hydrogens (primary N) is 1. The van der Waals surface area contributed by atoms with E-state index in [-0.39, 0.29) is 5.82 Å². The van der Waals surface area contributed by atoms with Crippen LogP contribution in [0.5, 0.6) is 0 Å². The van der Waals surface area contributed by atoms with Crippen LogP contribution in [-0.2, 0) is 10.3 Å². The van der Waals surface area contributed by atoms with Crippen LogP contribution < -0.4 is 5.73 Å². The molecule has 2 N–H and O–H groups in total. The maximum Gasteiger partial charge on any atom is 0.123 e. The molecular weight excluding hydrogens is 205 g/mol. The van der Waals surface area contributed by atoms with E-state index < -0.39 is 5.54 Å². The van der Waals surface area contributed by atoms with Gasteiger partial charge in [0.15, 0.2) is 0 Å². The van der Waals surface area contributed by atoms with E-state index in [1.807, 2.05) is 13.0 Å². The van der Waals surface area contributed by atoms with Crippen molar-refractivity contribution in [1.82, 2.24) is 0 Å². The molecule has 0 radical (unpaired) electrons. The van der Waals surface area contributed by atoms with E-state index in [0.29, 0.717) is 5.92 Å². The molecule has 1 heterocycles. The summed E-state index contributed by atoms with van der Waals surface area (Å²) in [6.07, 6.45) is 1.90. The maximum absolute atomic E-state index is 13.2. The molecule has 0 aliphatic carbocycles. The third kappa shape index (κ3) is 2.25. The lowest BCUT2D eigenvalue weighted by Crippen LogP contribution is -2.43. The Balaban J connectivity index is 2.22. The Morgan fingerprint density at radius 2 is 2.06 bits per heavy atom. The first-order valence-electron chi connectivity index (χ1n) is 5.73. The zero-order valence-corrected chi connectivity index (χ0v) is 9.58. The lowest BCUT2D eigenvalue weighted by atomic mass is 9.76. The van der Waals surface area contributed by atoms with E-state index in [9.17, 15) is 4.39 Å². The Morgan fingerprint density at radius 3 is 2.69 bits per heavy atom. The summed E-state index contributed by atoms with van der Waals surface area (Å²) in [7, 11) is 0. The van der Waals surface area contributed by atoms with Crippen molar-refractivity contribution in [1.29, 1.82) is 0 Å². The summed E-state index contributed by atoms with van der Waals surface area (Å²) in [4.78, 5) is 0. The highest BCUT2D eigenvalue weighted by atomic mass is 19.1. The van der Waals surface area contributed by atoms with Crippen molar-refractivity contribution >= 4 is 0 Å². The molecule has 0 saturated carbocycles. The number of ether oxygens (including phenoxy) is 1. The zero-order valence-electron chi connectivity index (χ0n) is 9.58. The van der Waals surface area contributed by atoms with E-state index in [0.717, 1.165) is 31.6 Å². The summed E-state index contributed by atoms with van der Waals surface area (Å²) < 4.78 is 18.5. The second kappa shape index (κ2) is 4.52. The van der Waals surface area contributed by atoms with Crippen molar-refractivity contribution in [2.45, 2.75) is 25.3 Å². The molecule has 0 aromatic heterocycles. The van der Waals surface area contributed by atoms with Gasteiger partial charge in [0.2, 0.25) is 0 Å². The highest BCUT2D eigenvalue weighted by Crippen LogP contribution is 2.33. The molecule has 1 aliphatic rings. The zero-order chi connectivity index (χ0) is 11.6. The van der Waals surface area contributed by atoms with Crippen molar-refractivity contribution in [2.24, 2.45) is 11.7 Å². The Labute approximate surface area is 95.6 Å². The van der Waals surface area contributed by atoms with Gasteiger partial charge in [0.1, 0.15) is 5.82 Å². The summed E-state index contributed by atoms with van der Waals surface area (Å²) in [6.45, 7) is 3.50. The van der Waals surface area contributed by atoms with E-state index in [1.165, 1.54) is 12.1 Å². The minimum absolute atomic E-state index is 0.221. The van der Waals surface area contributed by atoms with Crippen molar-refractivity contribution < 1.29 is 9.13 Å². The Kier molecular flexibility index (Phi) is 3.26. The largest absolute Gasteiger partial charge is 0.381 e. The molecule has 1 aromatic carbocycles. The molecule has 1 fully saturated rings. The highest BCUT2D eigenvalue weighted by Gasteiger charge is 2.33. The molecule has 1 unspecified atom stereocenters. The normalized spacial score (nSPS) is 21.7. The Bertz CT molecular complexity index is 359. The van der Waals surface area contributed by atoms with E-state index in [4.69, 9.17) is 10.5 Å². The summed E-state index contributed by atoms with van der Waals surface area (Å²) >= 11 is 0. The minimum Gasteiger partial charge on any atom is -0.381 e. The average molecular weight is 223 g/mol. The average Bonchev–Trinajstić information content (AvgIpc) is 2.30. The maximum atomic E-state index is 13.2. The SMILES string of the molecule is CC(N)(c1cccc(F)c1)C1CCOCC1. The molecule has 1 saturated heterocycles. The van der Waals surface area contributed by atoms with Crippen LogP contribution in [0, 0.1) is 11.7 Å². The van der Waals surface area contributed by atoms with Crippen LogP contribution in [0.2, 0.25) is 0 Å². The fourth-order valence-electron chi connectivity index (χ4n) is 2.36. The topological polar surface area (TPSA) is 35.2 Å². The molecule has 3 heteroatoms. The van der Waals surface area contributed by atoms with Gasteiger partial charge >= 0.3 is 0 Å². The van der Waals surface area contributed by atoms with Crippen LogP contribution in [0.3, 0.4) is 0 Å². The second-order valence-corrected chi connectivity index (χ2v) is 4.68. The van der Waals surface area contributed by atoms with Crippen molar-refractivity contribution in [3.05, 3.63) is 35.6 Å². The van der Waals surface area contributed by atoms with Gasteiger partial charge in [-0.3, -0.25) is 0 Å². The molecule has 1 aliphatic heterocycles. The van der Waals surface area contributed by atoms with Gasteiger partial charge in [-0.15, -0.1) is 0 Å². The predicted octanol–water partition coefficient (Wildman–Crippen LogP) is 2.43. The summed E-state index contributed by atoms with van der Waals surface area (Å²) in [6, 6.07) is 6.60. The predicted molar refractivity (Wildman–Crippen MR) is 61.5 cm³/mol. The first-order valence-corrected chi connectivity index (χ1v) is 5.73. The Morgan fingerprint density at radius 1 is 1.38 bits per heavy atom. The molecule has 16 heavy (non-hydrogen) atoms. The number of halogens is 1. The van der Waals surface area contributed by atoms with Gasteiger partial charge < -0.3 is 10.5 Å². The van der Waals surface area contributed by atoms with E-state index >= 15 is 0 Å². The van der Waals surface area contributed by atoms with Crippen LogP contribution in [0.25, 0.3) is 0 Å². The number of hydrogen-bond donors (Lipinski definition) is 1. The molecule has 0 amide bonds. The van der Waals surface area contributed by atoms with Gasteiger partial charge in [0.05, 0.1) is 0 Å². The molecular formula is C13H18FNO. The van der Waals surface area contributed by atoms with Crippen LogP contribution in [0.4, 0.5) is 4.39 Å². The standard InChI is InChI=1S/C13H18FNO/c1-13(15,10-5-7-16-8-6-10)11-3-2-4-12(14)9-11/h2-4,9-10H,5-8,15H2,1H3. The lowest BCUT2D eigenvalue weighted by molar-refractivity contribution is 0.0411. The molecule has 1 aromatic rings. The third-order valence-electron chi connectivity index (χ3n) is 3.52. The molecule has 2 rings (SSSR count). The summed E-state index contributed by atoms with van der Waals surface area (Å²) in [5.41, 5.74) is 6.77. The monoisotopic (exact) mass is 223 g/mol. The van der Waals surface area contributed by atoms with Gasteiger partial charge in [-0.25, -0.2) is 4.39 Å². The van der Waals surface area contributed by atoms with Gasteiger partial charge in [0.25, 0.3) is 0 Å². The van der Waals surface area contributed by atoms with Crippen LogP contribution >= 0.6 is 0 Å². The highest BCUT2D eigenvalue weighted by molar-refractivity contribution is 5.25. The van der Waals surface area contributed by atoms with Gasteiger partial charge in [-0.05, 0) is 43.4 Å². The third-order valence-corrected chi connectivity index (χ3v) is 3.52. The number of benzene rings is 1. The van der Waals surface area contributed by atoms with E-state index in [2.05, 4.69) is 0 Å². The molecule has 2 nitrogen and oxygen atoms in total. The minimum atomic E-state index is -0.466. The second-order valence-electron chi connectivity index (χ2n) is 4.68. The smallest absolute Gasteiger partial charge is 0.123 e. The first-order chi connectivity index (χ1) is 7.60. The molecule has 0 spiro atoms.